The number of carbonyl (C=O) groups is 2. The second-order valence-corrected chi connectivity index (χ2v) is 7.04. The number of unbranched alkanes of at least 4 members (excludes halogenated alkanes) is 12. The van der Waals surface area contributed by atoms with Gasteiger partial charge in [-0.2, -0.15) is 0 Å². The molecule has 0 fully saturated rings. The number of carbonyl (C=O) groups excluding carboxylic acids is 2. The molecule has 1 aliphatic rings. The van der Waals surface area contributed by atoms with E-state index in [1.54, 1.807) is 0 Å². The summed E-state index contributed by atoms with van der Waals surface area (Å²) >= 11 is 0. The van der Waals surface area contributed by atoms with Gasteiger partial charge in [-0.05, 0) is 12.8 Å². The van der Waals surface area contributed by atoms with E-state index in [0.717, 1.165) is 25.3 Å². The minimum atomic E-state index is -0.679. The maximum atomic E-state index is 11.7. The molecule has 0 amide bonds. The average Bonchev–Trinajstić information content (AvgIpc) is 2.60. The summed E-state index contributed by atoms with van der Waals surface area (Å²) < 4.78 is 0. The molecule has 0 spiro atoms. The summed E-state index contributed by atoms with van der Waals surface area (Å²) in [5.74, 6) is -2.35. The third-order valence-electron chi connectivity index (χ3n) is 4.82. The molecule has 0 radical (unpaired) electrons. The van der Waals surface area contributed by atoms with Gasteiger partial charge in [0.25, 0.3) is 0 Å². The molecule has 0 heterocycles. The molecular weight excluding hydrogens is 316 g/mol. The van der Waals surface area contributed by atoms with Crippen LogP contribution in [-0.4, -0.2) is 21.8 Å². The van der Waals surface area contributed by atoms with E-state index in [9.17, 15) is 19.8 Å². The lowest BCUT2D eigenvalue weighted by Gasteiger charge is -2.12. The molecule has 1 rings (SSSR count). The zero-order chi connectivity index (χ0) is 18.5. The lowest BCUT2D eigenvalue weighted by Crippen LogP contribution is -2.19. The molecule has 0 unspecified atom stereocenters. The highest BCUT2D eigenvalue weighted by atomic mass is 16.3. The van der Waals surface area contributed by atoms with Gasteiger partial charge < -0.3 is 10.2 Å². The van der Waals surface area contributed by atoms with E-state index in [4.69, 9.17) is 0 Å². The second kappa shape index (κ2) is 12.7. The molecule has 0 aromatic carbocycles. The number of allylic oxidation sites excluding steroid dienone is 2. The first kappa shape index (κ1) is 21.5. The van der Waals surface area contributed by atoms with Crippen molar-refractivity contribution in [2.75, 3.05) is 0 Å². The molecule has 0 saturated heterocycles. The van der Waals surface area contributed by atoms with Crippen LogP contribution in [0.3, 0.4) is 0 Å². The van der Waals surface area contributed by atoms with Crippen LogP contribution in [0.5, 0.6) is 0 Å². The van der Waals surface area contributed by atoms with Crippen LogP contribution in [0.1, 0.15) is 96.8 Å². The van der Waals surface area contributed by atoms with Crippen LogP contribution in [0.25, 0.3) is 0 Å². The molecule has 0 bridgehead atoms. The molecule has 25 heavy (non-hydrogen) atoms. The van der Waals surface area contributed by atoms with E-state index in [1.807, 2.05) is 0 Å². The van der Waals surface area contributed by atoms with Crippen molar-refractivity contribution in [1.29, 1.82) is 0 Å². The molecule has 2 N–H and O–H groups in total. The van der Waals surface area contributed by atoms with Crippen LogP contribution < -0.4 is 0 Å². The summed E-state index contributed by atoms with van der Waals surface area (Å²) in [4.78, 5) is 23.1. The van der Waals surface area contributed by atoms with Crippen molar-refractivity contribution in [3.8, 4) is 0 Å². The SMILES string of the molecule is CCCCCCCCCCCCCCCC1=C(O)C(=O)C=C(O)C1=O. The summed E-state index contributed by atoms with van der Waals surface area (Å²) in [6.45, 7) is 2.24. The maximum Gasteiger partial charge on any atom is 0.227 e. The van der Waals surface area contributed by atoms with Gasteiger partial charge in [-0.1, -0.05) is 84.0 Å². The van der Waals surface area contributed by atoms with Crippen molar-refractivity contribution in [2.24, 2.45) is 0 Å². The third kappa shape index (κ3) is 8.37. The summed E-state index contributed by atoms with van der Waals surface area (Å²) in [6, 6.07) is 0. The predicted molar refractivity (Wildman–Crippen MR) is 101 cm³/mol. The summed E-state index contributed by atoms with van der Waals surface area (Å²) in [5.41, 5.74) is 0.0630. The topological polar surface area (TPSA) is 74.6 Å². The Hall–Kier alpha value is -1.58. The van der Waals surface area contributed by atoms with Crippen molar-refractivity contribution in [1.82, 2.24) is 0 Å². The quantitative estimate of drug-likeness (QED) is 0.303. The summed E-state index contributed by atoms with van der Waals surface area (Å²) in [5, 5.41) is 19.1. The molecule has 0 atom stereocenters. The van der Waals surface area contributed by atoms with E-state index in [1.165, 1.54) is 64.2 Å². The maximum absolute atomic E-state index is 11.7. The Morgan fingerprint density at radius 3 is 1.64 bits per heavy atom. The summed E-state index contributed by atoms with van der Waals surface area (Å²) in [6.07, 6.45) is 17.2. The molecule has 0 aromatic rings. The fraction of sp³-hybridized carbons (Fsp3) is 0.714. The largest absolute Gasteiger partial charge is 0.504 e. The summed E-state index contributed by atoms with van der Waals surface area (Å²) in [7, 11) is 0. The molecule has 4 heteroatoms. The minimum absolute atomic E-state index is 0.0630. The van der Waals surface area contributed by atoms with Crippen LogP contribution >= 0.6 is 0 Å². The zero-order valence-corrected chi connectivity index (χ0v) is 15.7. The first-order chi connectivity index (χ1) is 12.1. The van der Waals surface area contributed by atoms with Crippen LogP contribution in [0.2, 0.25) is 0 Å². The fourth-order valence-corrected chi connectivity index (χ4v) is 3.22. The van der Waals surface area contributed by atoms with Gasteiger partial charge in [-0.15, -0.1) is 0 Å². The van der Waals surface area contributed by atoms with Crippen molar-refractivity contribution in [3.05, 3.63) is 23.2 Å². The molecular formula is C21H34O4. The Morgan fingerprint density at radius 1 is 0.720 bits per heavy atom. The number of hydrogen-bond acceptors (Lipinski definition) is 4. The average molecular weight is 350 g/mol. The number of ketones is 2. The molecule has 1 aliphatic carbocycles. The van der Waals surface area contributed by atoms with Gasteiger partial charge in [-0.3, -0.25) is 9.59 Å². The zero-order valence-electron chi connectivity index (χ0n) is 15.7. The van der Waals surface area contributed by atoms with Gasteiger partial charge in [0.15, 0.2) is 11.5 Å². The Morgan fingerprint density at radius 2 is 1.16 bits per heavy atom. The van der Waals surface area contributed by atoms with Crippen molar-refractivity contribution < 1.29 is 19.8 Å². The number of aliphatic hydroxyl groups is 2. The van der Waals surface area contributed by atoms with Crippen molar-refractivity contribution in [3.63, 3.8) is 0 Å². The van der Waals surface area contributed by atoms with E-state index in [0.29, 0.717) is 6.42 Å². The fourth-order valence-electron chi connectivity index (χ4n) is 3.22. The van der Waals surface area contributed by atoms with E-state index in [-0.39, 0.29) is 5.57 Å². The van der Waals surface area contributed by atoms with Crippen molar-refractivity contribution in [2.45, 2.75) is 96.8 Å². The smallest absolute Gasteiger partial charge is 0.227 e. The predicted octanol–water partition coefficient (Wildman–Crippen LogP) is 5.87. The van der Waals surface area contributed by atoms with Crippen LogP contribution in [0.4, 0.5) is 0 Å². The number of Topliss-reactive ketones (excluding diaryl/α,β-unsaturated/α-hetero) is 1. The number of rotatable bonds is 14. The standard InChI is InChI=1S/C21H34O4/c1-2-3-4-5-6-7-8-9-10-11-12-13-14-15-17-20(24)18(22)16-19(23)21(17)25/h16,22,25H,2-15H2,1H3. The highest BCUT2D eigenvalue weighted by Crippen LogP contribution is 2.22. The molecule has 4 nitrogen and oxygen atoms in total. The van der Waals surface area contributed by atoms with Gasteiger partial charge >= 0.3 is 0 Å². The Kier molecular flexibility index (Phi) is 10.9. The molecule has 0 aliphatic heterocycles. The van der Waals surface area contributed by atoms with Crippen LogP contribution in [0.15, 0.2) is 23.2 Å². The Balaban J connectivity index is 1.99. The first-order valence-electron chi connectivity index (χ1n) is 9.99. The van der Waals surface area contributed by atoms with Gasteiger partial charge in [-0.25, -0.2) is 0 Å². The lowest BCUT2D eigenvalue weighted by atomic mass is 9.94. The van der Waals surface area contributed by atoms with Gasteiger partial charge in [0.1, 0.15) is 0 Å². The minimum Gasteiger partial charge on any atom is -0.504 e. The number of aliphatic hydroxyl groups excluding tert-OH is 2. The van der Waals surface area contributed by atoms with Gasteiger partial charge in [0, 0.05) is 11.6 Å². The Labute approximate surface area is 152 Å². The highest BCUT2D eigenvalue weighted by molar-refractivity contribution is 6.20. The van der Waals surface area contributed by atoms with Gasteiger partial charge in [0.2, 0.25) is 11.6 Å². The normalized spacial score (nSPS) is 15.0. The molecule has 0 saturated carbocycles. The lowest BCUT2D eigenvalue weighted by molar-refractivity contribution is -0.119. The van der Waals surface area contributed by atoms with Crippen LogP contribution in [-0.2, 0) is 9.59 Å². The van der Waals surface area contributed by atoms with Gasteiger partial charge in [0.05, 0.1) is 0 Å². The third-order valence-corrected chi connectivity index (χ3v) is 4.82. The second-order valence-electron chi connectivity index (χ2n) is 7.04. The van der Waals surface area contributed by atoms with Crippen molar-refractivity contribution >= 4 is 11.6 Å². The van der Waals surface area contributed by atoms with Crippen LogP contribution in [0, 0.1) is 0 Å². The monoisotopic (exact) mass is 350 g/mol. The molecule has 0 aromatic heterocycles. The highest BCUT2D eigenvalue weighted by Gasteiger charge is 2.27. The Bertz CT molecular complexity index is 488. The van der Waals surface area contributed by atoms with E-state index in [2.05, 4.69) is 6.92 Å². The molecule has 142 valence electrons. The van der Waals surface area contributed by atoms with E-state index >= 15 is 0 Å². The first-order valence-corrected chi connectivity index (χ1v) is 9.99. The number of hydrogen-bond donors (Lipinski definition) is 2. The van der Waals surface area contributed by atoms with E-state index < -0.39 is 23.1 Å².